The molecular formula is C40H26N8S4. The summed E-state index contributed by atoms with van der Waals surface area (Å²) in [5.41, 5.74) is 18.0. The van der Waals surface area contributed by atoms with Crippen molar-refractivity contribution >= 4 is 91.2 Å². The molecule has 8 nitrogen and oxygen atoms in total. The molecule has 2 N–H and O–H groups in total. The number of rotatable bonds is 0. The molecule has 52 heavy (non-hydrogen) atoms. The van der Waals surface area contributed by atoms with Crippen molar-refractivity contribution in [2.45, 2.75) is 46.0 Å². The molecule has 0 unspecified atom stereocenters. The zero-order chi connectivity index (χ0) is 33.7. The van der Waals surface area contributed by atoms with E-state index in [-0.39, 0.29) is 0 Å². The van der Waals surface area contributed by atoms with Crippen LogP contribution in [0.25, 0.3) is 89.7 Å². The van der Waals surface area contributed by atoms with Gasteiger partial charge in [-0.05, 0) is 93.0 Å². The number of aromatic amines is 2. The van der Waals surface area contributed by atoms with Gasteiger partial charge in [0.25, 0.3) is 0 Å². The van der Waals surface area contributed by atoms with Crippen LogP contribution in [0.5, 0.6) is 0 Å². The summed E-state index contributed by atoms with van der Waals surface area (Å²) in [7, 11) is 0. The molecule has 0 aliphatic carbocycles. The van der Waals surface area contributed by atoms with Gasteiger partial charge in [0.2, 0.25) is 0 Å². The molecule has 13 rings (SSSR count). The number of benzene rings is 4. The molecule has 3 aromatic heterocycles. The van der Waals surface area contributed by atoms with Gasteiger partial charge in [-0.25, -0.2) is 29.9 Å². The van der Waals surface area contributed by atoms with Gasteiger partial charge in [-0.3, -0.25) is 0 Å². The van der Waals surface area contributed by atoms with Crippen LogP contribution < -0.4 is 0 Å². The largest absolute Gasteiger partial charge is 0.324 e. The van der Waals surface area contributed by atoms with Crippen molar-refractivity contribution in [1.29, 1.82) is 0 Å². The average molecular weight is 747 g/mol. The predicted octanol–water partition coefficient (Wildman–Crippen LogP) is 9.86. The second kappa shape index (κ2) is 10.6. The van der Waals surface area contributed by atoms with E-state index in [0.717, 1.165) is 112 Å². The Morgan fingerprint density at radius 1 is 0.308 bits per heavy atom. The van der Waals surface area contributed by atoms with Crippen LogP contribution in [0.1, 0.15) is 44.5 Å². The van der Waals surface area contributed by atoms with Crippen LogP contribution in [-0.2, 0) is 46.0 Å². The van der Waals surface area contributed by atoms with E-state index >= 15 is 0 Å². The van der Waals surface area contributed by atoms with E-state index in [1.807, 2.05) is 47.0 Å². The zero-order valence-electron chi connectivity index (χ0n) is 27.6. The minimum atomic E-state index is 0.676. The number of aromatic nitrogens is 8. The summed E-state index contributed by atoms with van der Waals surface area (Å²) in [6.07, 6.45) is 0. The summed E-state index contributed by atoms with van der Waals surface area (Å²) in [5.74, 6) is 10.7. The summed E-state index contributed by atoms with van der Waals surface area (Å²) in [6.45, 7) is 0. The Morgan fingerprint density at radius 2 is 0.538 bits per heavy atom. The third kappa shape index (κ3) is 4.17. The van der Waals surface area contributed by atoms with Crippen LogP contribution in [0.3, 0.4) is 0 Å². The minimum absolute atomic E-state index is 0.676. The highest BCUT2D eigenvalue weighted by Crippen LogP contribution is 2.44. The standard InChI is InChI=1S/C40H26N8S4/c1-17-9-49-10-18(17)2-26-25(1)33-41-34(26)46-36-29-5-21-13-51-14-22(21)6-30(29)38(43-36)48-40-32-8-24-16-52-15-23(24)7-31(32)39(44-40)47-37-28-4-20-12-50-11-19(20)3-27(28)35(42-37)45-33/h1-8H,9-16H2,(H2,41,42,43,44,45,46,47,48). The highest BCUT2D eigenvalue weighted by atomic mass is 32.2. The second-order valence-corrected chi connectivity index (χ2v) is 18.2. The van der Waals surface area contributed by atoms with Crippen molar-refractivity contribution < 1.29 is 0 Å². The van der Waals surface area contributed by atoms with Crippen molar-refractivity contribution in [3.8, 4) is 45.6 Å². The molecule has 8 bridgehead atoms. The lowest BCUT2D eigenvalue weighted by atomic mass is 10.0. The molecular weight excluding hydrogens is 721 g/mol. The number of hydrogen-bond acceptors (Lipinski definition) is 10. The highest BCUT2D eigenvalue weighted by Gasteiger charge is 2.27. The van der Waals surface area contributed by atoms with Crippen LogP contribution in [0.4, 0.5) is 0 Å². The molecule has 0 saturated carbocycles. The molecule has 250 valence electrons. The van der Waals surface area contributed by atoms with Crippen LogP contribution in [0, 0.1) is 0 Å². The average Bonchev–Trinajstić information content (AvgIpc) is 4.01. The van der Waals surface area contributed by atoms with Gasteiger partial charge in [0, 0.05) is 89.8 Å². The van der Waals surface area contributed by atoms with Gasteiger partial charge in [0.15, 0.2) is 23.3 Å². The van der Waals surface area contributed by atoms with Gasteiger partial charge >= 0.3 is 0 Å². The van der Waals surface area contributed by atoms with E-state index in [4.69, 9.17) is 29.9 Å². The van der Waals surface area contributed by atoms with Crippen LogP contribution in [-0.4, -0.2) is 39.9 Å². The molecule has 6 aliphatic rings. The third-order valence-electron chi connectivity index (χ3n) is 11.2. The first-order chi connectivity index (χ1) is 25.7. The van der Waals surface area contributed by atoms with Crippen molar-refractivity contribution in [2.75, 3.05) is 0 Å². The molecule has 0 amide bonds. The molecule has 0 spiro atoms. The van der Waals surface area contributed by atoms with E-state index in [1.165, 1.54) is 44.5 Å². The normalized spacial score (nSPS) is 16.3. The fourth-order valence-corrected chi connectivity index (χ4v) is 12.8. The molecule has 0 radical (unpaired) electrons. The summed E-state index contributed by atoms with van der Waals surface area (Å²) >= 11 is 7.82. The van der Waals surface area contributed by atoms with Gasteiger partial charge < -0.3 is 9.97 Å². The molecule has 0 atom stereocenters. The second-order valence-electron chi connectivity index (χ2n) is 14.2. The smallest absolute Gasteiger partial charge is 0.164 e. The van der Waals surface area contributed by atoms with E-state index in [9.17, 15) is 0 Å². The summed E-state index contributed by atoms with van der Waals surface area (Å²) < 4.78 is 0. The number of fused-ring (bicyclic) bond motifs is 24. The Labute approximate surface area is 313 Å². The first-order valence-corrected chi connectivity index (χ1v) is 22.1. The lowest BCUT2D eigenvalue weighted by Crippen LogP contribution is -1.88. The quantitative estimate of drug-likeness (QED) is 0.156. The summed E-state index contributed by atoms with van der Waals surface area (Å²) in [5, 5.41) is 4.22. The topological polar surface area (TPSA) is 109 Å². The molecule has 12 heteroatoms. The van der Waals surface area contributed by atoms with Crippen LogP contribution in [0.15, 0.2) is 48.5 Å². The summed E-state index contributed by atoms with van der Waals surface area (Å²) in [4.78, 5) is 39.1. The molecule has 7 aromatic rings. The van der Waals surface area contributed by atoms with E-state index in [2.05, 4.69) is 58.5 Å². The lowest BCUT2D eigenvalue weighted by molar-refractivity contribution is 1.19. The van der Waals surface area contributed by atoms with Gasteiger partial charge in [0.1, 0.15) is 22.6 Å². The molecule has 0 fully saturated rings. The van der Waals surface area contributed by atoms with Gasteiger partial charge in [0.05, 0.1) is 0 Å². The monoisotopic (exact) mass is 746 g/mol. The van der Waals surface area contributed by atoms with Crippen molar-refractivity contribution in [3.05, 3.63) is 93.0 Å². The predicted molar refractivity (Wildman–Crippen MR) is 216 cm³/mol. The minimum Gasteiger partial charge on any atom is -0.324 e. The molecule has 0 saturated heterocycles. The number of nitrogens with one attached hydrogen (secondary N) is 2. The van der Waals surface area contributed by atoms with E-state index in [1.54, 1.807) is 0 Å². The Balaban J connectivity index is 1.21. The Bertz CT molecular complexity index is 2610. The molecule has 9 heterocycles. The van der Waals surface area contributed by atoms with Crippen LogP contribution in [0.2, 0.25) is 0 Å². The van der Waals surface area contributed by atoms with Crippen molar-refractivity contribution in [1.82, 2.24) is 39.9 Å². The molecule has 4 aromatic carbocycles. The van der Waals surface area contributed by atoms with Gasteiger partial charge in [-0.1, -0.05) is 0 Å². The SMILES string of the molecule is c1c2c(cc3c1-c1nc-3nc3[nH]c(nc4nc(nc5[nH]c(n1)c1cc6c(cc51)CSC6)-c1cc5c(cc1-4)CSC5)c1cc4c(cc31)CSC4)CSC2. The summed E-state index contributed by atoms with van der Waals surface area (Å²) in [6, 6.07) is 18.4. The maximum atomic E-state index is 5.34. The van der Waals surface area contributed by atoms with Gasteiger partial charge in [-0.2, -0.15) is 47.0 Å². The lowest BCUT2D eigenvalue weighted by Gasteiger charge is -2.03. The first-order valence-electron chi connectivity index (χ1n) is 17.4. The first kappa shape index (κ1) is 29.1. The number of H-pyrrole nitrogens is 2. The number of nitrogens with zero attached hydrogens (tertiary/aromatic N) is 6. The Kier molecular flexibility index (Phi) is 5.95. The third-order valence-corrected chi connectivity index (χ3v) is 15.3. The fraction of sp³-hybridized carbons (Fsp3) is 0.200. The maximum absolute atomic E-state index is 5.34. The van der Waals surface area contributed by atoms with E-state index in [0.29, 0.717) is 23.3 Å². The Hall–Kier alpha value is -4.36. The zero-order valence-corrected chi connectivity index (χ0v) is 30.9. The van der Waals surface area contributed by atoms with Gasteiger partial charge in [-0.15, -0.1) is 0 Å². The number of hydrogen-bond donors (Lipinski definition) is 2. The Morgan fingerprint density at radius 3 is 0.788 bits per heavy atom. The van der Waals surface area contributed by atoms with E-state index < -0.39 is 0 Å². The van der Waals surface area contributed by atoms with Crippen molar-refractivity contribution in [2.24, 2.45) is 0 Å². The maximum Gasteiger partial charge on any atom is 0.164 e. The number of thioether (sulfide) groups is 4. The van der Waals surface area contributed by atoms with Crippen molar-refractivity contribution in [3.63, 3.8) is 0 Å². The molecule has 6 aliphatic heterocycles. The fourth-order valence-electron chi connectivity index (χ4n) is 8.49. The van der Waals surface area contributed by atoms with Crippen LogP contribution >= 0.6 is 47.0 Å². The highest BCUT2D eigenvalue weighted by molar-refractivity contribution is 7.98.